The first kappa shape index (κ1) is 49.1. The van der Waals surface area contributed by atoms with Crippen molar-refractivity contribution in [3.8, 4) is 22.8 Å². The van der Waals surface area contributed by atoms with Crippen molar-refractivity contribution >= 4 is 190 Å². The molecular formula is C72H42ClIN8S2. The maximum Gasteiger partial charge on any atom is 0.146 e. The number of rotatable bonds is 3. The number of aromatic amines is 1. The van der Waals surface area contributed by atoms with Gasteiger partial charge in [-0.15, -0.1) is 22.7 Å². The summed E-state index contributed by atoms with van der Waals surface area (Å²) in [6, 6.07) is 83.9. The summed E-state index contributed by atoms with van der Waals surface area (Å²) in [6.07, 6.45) is 3.57. The third-order valence-corrected chi connectivity index (χ3v) is 20.1. The number of nitrogens with zero attached hydrogens (tertiary/aromatic N) is 7. The van der Waals surface area contributed by atoms with Crippen LogP contribution in [0.5, 0.6) is 0 Å². The first-order chi connectivity index (χ1) is 41.5. The minimum atomic E-state index is 0.577. The van der Waals surface area contributed by atoms with Gasteiger partial charge in [0.15, 0.2) is 0 Å². The van der Waals surface area contributed by atoms with Gasteiger partial charge >= 0.3 is 0 Å². The fourth-order valence-electron chi connectivity index (χ4n) is 12.5. The van der Waals surface area contributed by atoms with Gasteiger partial charge in [0.2, 0.25) is 0 Å². The van der Waals surface area contributed by atoms with Gasteiger partial charge in [0, 0.05) is 102 Å². The van der Waals surface area contributed by atoms with E-state index >= 15 is 0 Å². The number of hydrogen-bond donors (Lipinski definition) is 1. The third kappa shape index (κ3) is 7.69. The Bertz CT molecular complexity index is 5800. The molecule has 0 atom stereocenters. The lowest BCUT2D eigenvalue weighted by molar-refractivity contribution is 1.18. The average molecular weight is 1250 g/mol. The molecule has 10 aromatic carbocycles. The Hall–Kier alpha value is -9.50. The van der Waals surface area contributed by atoms with Gasteiger partial charge in [0.05, 0.1) is 58.7 Å². The number of halogens is 2. The number of imidazole rings is 2. The van der Waals surface area contributed by atoms with Crippen LogP contribution in [0.15, 0.2) is 249 Å². The van der Waals surface area contributed by atoms with Crippen molar-refractivity contribution in [3.63, 3.8) is 0 Å². The van der Waals surface area contributed by atoms with Gasteiger partial charge < -0.3 is 14.1 Å². The maximum absolute atomic E-state index is 5.59. The topological polar surface area (TPSA) is 81.6 Å². The molecule has 0 saturated carbocycles. The Morgan fingerprint density at radius 3 is 1.64 bits per heavy atom. The Labute approximate surface area is 505 Å². The lowest BCUT2D eigenvalue weighted by Crippen LogP contribution is -1.95. The summed E-state index contributed by atoms with van der Waals surface area (Å²) in [6.45, 7) is 0. The Morgan fingerprint density at radius 1 is 0.405 bits per heavy atom. The Kier molecular flexibility index (Phi) is 11.4. The Morgan fingerprint density at radius 2 is 0.976 bits per heavy atom. The minimum Gasteiger partial charge on any atom is -0.338 e. The molecule has 12 heteroatoms. The van der Waals surface area contributed by atoms with Gasteiger partial charge in [-0.05, 0) is 138 Å². The number of H-pyrrole nitrogens is 1. The molecule has 0 bridgehead atoms. The van der Waals surface area contributed by atoms with Crippen LogP contribution in [0.4, 0.5) is 0 Å². The summed E-state index contributed by atoms with van der Waals surface area (Å²) in [5, 5.41) is 13.2. The van der Waals surface area contributed by atoms with Gasteiger partial charge in [-0.1, -0.05) is 133 Å². The third-order valence-electron chi connectivity index (χ3n) is 16.2. The SMILES string of the molecule is Clc1ncccc1I.c1ccc(-n2c3cc(-c4nc5ccccc5[nH]4)ccc3c3c4sc5ccccc5c4ccc32)cc1.c1ccc(-n2c3cc4c(cc3c3c5sc6ccccc6c5ccc32)c2ncccc2n2c3ccccc3nc42)cc1. The van der Waals surface area contributed by atoms with E-state index in [4.69, 9.17) is 26.6 Å². The highest BCUT2D eigenvalue weighted by Gasteiger charge is 2.23. The number of fused-ring (bicyclic) bond motifs is 23. The van der Waals surface area contributed by atoms with Crippen LogP contribution < -0.4 is 0 Å². The highest BCUT2D eigenvalue weighted by Crippen LogP contribution is 2.47. The van der Waals surface area contributed by atoms with Crippen molar-refractivity contribution in [2.45, 2.75) is 0 Å². The van der Waals surface area contributed by atoms with Gasteiger partial charge in [-0.3, -0.25) is 9.38 Å². The molecule has 8 nitrogen and oxygen atoms in total. The average Bonchev–Trinajstić information content (AvgIpc) is 2.20. The molecule has 0 aliphatic carbocycles. The van der Waals surface area contributed by atoms with Crippen LogP contribution in [-0.4, -0.2) is 38.5 Å². The van der Waals surface area contributed by atoms with E-state index in [0.29, 0.717) is 5.15 Å². The molecule has 9 heterocycles. The summed E-state index contributed by atoms with van der Waals surface area (Å²) >= 11 is 11.5. The van der Waals surface area contributed by atoms with E-state index < -0.39 is 0 Å². The van der Waals surface area contributed by atoms with Crippen LogP contribution in [0.2, 0.25) is 5.15 Å². The molecule has 0 saturated heterocycles. The van der Waals surface area contributed by atoms with Crippen LogP contribution >= 0.6 is 56.9 Å². The van der Waals surface area contributed by atoms with Crippen molar-refractivity contribution in [1.82, 2.24) is 38.5 Å². The van der Waals surface area contributed by atoms with Crippen LogP contribution in [0.3, 0.4) is 0 Å². The molecule has 0 fully saturated rings. The molecular weight excluding hydrogens is 1200 g/mol. The zero-order valence-electron chi connectivity index (χ0n) is 44.4. The molecule has 9 aromatic heterocycles. The summed E-state index contributed by atoms with van der Waals surface area (Å²) < 4.78 is 13.4. The molecule has 19 aromatic rings. The lowest BCUT2D eigenvalue weighted by Gasteiger charge is -2.10. The summed E-state index contributed by atoms with van der Waals surface area (Å²) in [7, 11) is 0. The molecule has 0 amide bonds. The van der Waals surface area contributed by atoms with E-state index in [1.165, 1.54) is 84.0 Å². The fourth-order valence-corrected chi connectivity index (χ4v) is 15.5. The summed E-state index contributed by atoms with van der Waals surface area (Å²) in [5.41, 5.74) is 15.3. The van der Waals surface area contributed by atoms with Gasteiger partial charge in [0.1, 0.15) is 16.6 Å². The maximum atomic E-state index is 5.59. The second kappa shape index (κ2) is 19.6. The fraction of sp³-hybridized carbons (Fsp3) is 0. The highest BCUT2D eigenvalue weighted by atomic mass is 127. The van der Waals surface area contributed by atoms with Crippen molar-refractivity contribution in [2.24, 2.45) is 0 Å². The number of benzene rings is 10. The second-order valence-electron chi connectivity index (χ2n) is 20.9. The zero-order chi connectivity index (χ0) is 55.6. The van der Waals surface area contributed by atoms with Crippen molar-refractivity contribution < 1.29 is 0 Å². The van der Waals surface area contributed by atoms with E-state index in [1.807, 2.05) is 65.3 Å². The van der Waals surface area contributed by atoms with Crippen molar-refractivity contribution in [1.29, 1.82) is 0 Å². The molecule has 0 radical (unpaired) electrons. The predicted octanol–water partition coefficient (Wildman–Crippen LogP) is 20.7. The van der Waals surface area contributed by atoms with Crippen LogP contribution in [0, 0.1) is 3.57 Å². The first-order valence-electron chi connectivity index (χ1n) is 27.6. The van der Waals surface area contributed by atoms with Crippen LogP contribution in [-0.2, 0) is 0 Å². The quantitative estimate of drug-likeness (QED) is 0.109. The monoisotopic (exact) mass is 1240 g/mol. The predicted molar refractivity (Wildman–Crippen MR) is 363 cm³/mol. The second-order valence-corrected chi connectivity index (χ2v) is 24.5. The Balaban J connectivity index is 0.000000118. The number of pyridine rings is 3. The zero-order valence-corrected chi connectivity index (χ0v) is 48.9. The normalized spacial score (nSPS) is 11.9. The van der Waals surface area contributed by atoms with E-state index in [0.717, 1.165) is 75.9 Å². The largest absolute Gasteiger partial charge is 0.338 e. The smallest absolute Gasteiger partial charge is 0.146 e. The molecule has 84 heavy (non-hydrogen) atoms. The molecule has 0 aliphatic heterocycles. The highest BCUT2D eigenvalue weighted by molar-refractivity contribution is 14.1. The van der Waals surface area contributed by atoms with Crippen LogP contribution in [0.25, 0.3) is 156 Å². The van der Waals surface area contributed by atoms with E-state index in [9.17, 15) is 0 Å². The molecule has 19 rings (SSSR count). The minimum absolute atomic E-state index is 0.577. The lowest BCUT2D eigenvalue weighted by atomic mass is 10.0. The van der Waals surface area contributed by atoms with Gasteiger partial charge in [0.25, 0.3) is 0 Å². The van der Waals surface area contributed by atoms with Crippen molar-refractivity contribution in [3.05, 3.63) is 258 Å². The number of para-hydroxylation sites is 6. The van der Waals surface area contributed by atoms with E-state index in [-0.39, 0.29) is 0 Å². The van der Waals surface area contributed by atoms with Gasteiger partial charge in [-0.25, -0.2) is 15.0 Å². The number of thiophene rings is 2. The number of hydrogen-bond acceptors (Lipinski definition) is 6. The van der Waals surface area contributed by atoms with E-state index in [1.54, 1.807) is 6.20 Å². The molecule has 0 spiro atoms. The van der Waals surface area contributed by atoms with Gasteiger partial charge in [-0.2, -0.15) is 0 Å². The standard InChI is InChI=1S/C36H20N4S.C31H19N3S.C5H3ClIN/c1-2-9-21(10-3-1)39-29-17-16-23-22-11-4-7-15-32(22)41-35(23)33(29)26-19-24-25(20-31(26)39)36-38-27-12-5-6-13-28(27)40(36)30-14-8-18-37-34(24)30;1-2-8-20(9-3-1)34-26-17-16-22-21-10-4-7-13-28(21)35-30(22)29(26)23-15-14-19(18-27(23)34)31-32-24-11-5-6-12-25(24)33-31;6-5-4(7)2-1-3-8-5/h1-20H;1-18H,(H,32,33);1-3H. The van der Waals surface area contributed by atoms with Crippen molar-refractivity contribution in [2.75, 3.05) is 0 Å². The summed E-state index contributed by atoms with van der Waals surface area (Å²) in [5.74, 6) is 0.893. The molecule has 0 unspecified atom stereocenters. The molecule has 0 aliphatic rings. The molecule has 396 valence electrons. The van der Waals surface area contributed by atoms with E-state index in [2.05, 4.69) is 246 Å². The summed E-state index contributed by atoms with van der Waals surface area (Å²) in [4.78, 5) is 22.3. The number of nitrogens with one attached hydrogen (secondary N) is 1. The number of aromatic nitrogens is 8. The molecule has 1 N–H and O–H groups in total. The van der Waals surface area contributed by atoms with Crippen LogP contribution in [0.1, 0.15) is 0 Å². The first-order valence-corrected chi connectivity index (χ1v) is 30.7.